The van der Waals surface area contributed by atoms with E-state index < -0.39 is 17.6 Å². The van der Waals surface area contributed by atoms with Crippen LogP contribution in [0.3, 0.4) is 0 Å². The van der Waals surface area contributed by atoms with Gasteiger partial charge in [0.25, 0.3) is 0 Å². The minimum Gasteiger partial charge on any atom is -0.477 e. The summed E-state index contributed by atoms with van der Waals surface area (Å²) in [6, 6.07) is 7.47. The first kappa shape index (κ1) is 18.8. The van der Waals surface area contributed by atoms with Gasteiger partial charge in [-0.05, 0) is 41.1 Å². The Balaban J connectivity index is 2.38. The highest BCUT2D eigenvalue weighted by molar-refractivity contribution is 14.1. The van der Waals surface area contributed by atoms with Crippen molar-refractivity contribution in [3.8, 4) is 5.88 Å². The molecule has 0 spiro atoms. The number of rotatable bonds is 6. The first-order valence-electron chi connectivity index (χ1n) is 7.40. The fourth-order valence-corrected chi connectivity index (χ4v) is 2.72. The molecule has 0 amide bonds. The summed E-state index contributed by atoms with van der Waals surface area (Å²) in [4.78, 5) is 9.49. The van der Waals surface area contributed by atoms with Gasteiger partial charge in [-0.2, -0.15) is 18.2 Å². The molecule has 8 heteroatoms. The number of alkyl halides is 3. The molecule has 24 heavy (non-hydrogen) atoms. The zero-order chi connectivity index (χ0) is 17.7. The minimum absolute atomic E-state index is 0.151. The second-order valence-corrected chi connectivity index (χ2v) is 6.26. The van der Waals surface area contributed by atoms with Crippen LogP contribution in [0.2, 0.25) is 0 Å². The maximum absolute atomic E-state index is 13.1. The van der Waals surface area contributed by atoms with E-state index in [0.29, 0.717) is 6.42 Å². The maximum Gasteiger partial charge on any atom is 0.423 e. The normalized spacial score (nSPS) is 11.4. The summed E-state index contributed by atoms with van der Waals surface area (Å²) in [7, 11) is 1.70. The number of aromatic nitrogens is 2. The average molecular weight is 451 g/mol. The van der Waals surface area contributed by atoms with Crippen LogP contribution in [0.4, 0.5) is 24.8 Å². The molecule has 4 nitrogen and oxygen atoms in total. The Kier molecular flexibility index (Phi) is 6.25. The third-order valence-electron chi connectivity index (χ3n) is 3.30. The van der Waals surface area contributed by atoms with Gasteiger partial charge in [0.2, 0.25) is 11.8 Å². The molecule has 0 bridgehead atoms. The van der Waals surface area contributed by atoms with Crippen LogP contribution in [0, 0.1) is 3.57 Å². The van der Waals surface area contributed by atoms with Crippen LogP contribution in [0.5, 0.6) is 5.88 Å². The van der Waals surface area contributed by atoms with Crippen molar-refractivity contribution in [2.24, 2.45) is 0 Å². The monoisotopic (exact) mass is 451 g/mol. The molecule has 0 fully saturated rings. The van der Waals surface area contributed by atoms with Crippen molar-refractivity contribution >= 4 is 34.2 Å². The zero-order valence-electron chi connectivity index (χ0n) is 13.3. The third kappa shape index (κ3) is 4.49. The highest BCUT2D eigenvalue weighted by Crippen LogP contribution is 2.36. The summed E-state index contributed by atoms with van der Waals surface area (Å²) in [6.45, 7) is 2.12. The van der Waals surface area contributed by atoms with Gasteiger partial charge < -0.3 is 9.64 Å². The number of nitrogens with zero attached hydrogens (tertiary/aromatic N) is 3. The van der Waals surface area contributed by atoms with E-state index in [-0.39, 0.29) is 12.6 Å². The first-order valence-corrected chi connectivity index (χ1v) is 8.47. The molecule has 0 N–H and O–H groups in total. The van der Waals surface area contributed by atoms with E-state index in [9.17, 15) is 13.2 Å². The predicted molar refractivity (Wildman–Crippen MR) is 94.7 cm³/mol. The largest absolute Gasteiger partial charge is 0.477 e. The molecule has 130 valence electrons. The van der Waals surface area contributed by atoms with Gasteiger partial charge in [0.15, 0.2) is 0 Å². The summed E-state index contributed by atoms with van der Waals surface area (Å²) < 4.78 is 45.5. The lowest BCUT2D eigenvalue weighted by molar-refractivity contribution is -0.139. The number of ether oxygens (including phenoxy) is 1. The number of benzene rings is 1. The van der Waals surface area contributed by atoms with Crippen molar-refractivity contribution in [3.05, 3.63) is 39.6 Å². The number of hydrogen-bond donors (Lipinski definition) is 0. The van der Waals surface area contributed by atoms with Crippen molar-refractivity contribution in [1.29, 1.82) is 0 Å². The first-order chi connectivity index (χ1) is 11.3. The average Bonchev–Trinajstić information content (AvgIpc) is 2.54. The van der Waals surface area contributed by atoms with Crippen LogP contribution < -0.4 is 9.64 Å². The lowest BCUT2D eigenvalue weighted by Crippen LogP contribution is -2.18. The molecule has 1 aromatic heterocycles. The van der Waals surface area contributed by atoms with Gasteiger partial charge in [-0.25, -0.2) is 4.98 Å². The molecule has 0 aliphatic rings. The summed E-state index contributed by atoms with van der Waals surface area (Å²) in [6.07, 6.45) is -2.31. The Hall–Kier alpha value is -1.58. The molecule has 1 aromatic carbocycles. The molecular formula is C16H17F3IN3O. The number of para-hydroxylation sites is 1. The van der Waals surface area contributed by atoms with Gasteiger partial charge in [0.1, 0.15) is 5.56 Å². The van der Waals surface area contributed by atoms with Crippen LogP contribution in [-0.2, 0) is 6.18 Å². The SMILES string of the molecule is CCCCOc1nc(N(C)c2ccccc2I)ncc1C(F)(F)F. The quantitative estimate of drug-likeness (QED) is 0.456. The van der Waals surface area contributed by atoms with Crippen LogP contribution in [0.25, 0.3) is 0 Å². The molecule has 0 aliphatic heterocycles. The van der Waals surface area contributed by atoms with Gasteiger partial charge in [-0.3, -0.25) is 0 Å². The van der Waals surface area contributed by atoms with Gasteiger partial charge in [-0.1, -0.05) is 25.5 Å². The van der Waals surface area contributed by atoms with E-state index in [0.717, 1.165) is 21.9 Å². The van der Waals surface area contributed by atoms with E-state index >= 15 is 0 Å². The second-order valence-electron chi connectivity index (χ2n) is 5.10. The number of hydrogen-bond acceptors (Lipinski definition) is 4. The van der Waals surface area contributed by atoms with Crippen molar-refractivity contribution in [2.45, 2.75) is 25.9 Å². The van der Waals surface area contributed by atoms with Crippen molar-refractivity contribution < 1.29 is 17.9 Å². The van der Waals surface area contributed by atoms with Crippen LogP contribution in [0.1, 0.15) is 25.3 Å². The van der Waals surface area contributed by atoms with E-state index in [1.165, 1.54) is 0 Å². The Labute approximate surface area is 152 Å². The van der Waals surface area contributed by atoms with Gasteiger partial charge in [-0.15, -0.1) is 0 Å². The third-order valence-corrected chi connectivity index (χ3v) is 4.21. The molecule has 0 unspecified atom stereocenters. The minimum atomic E-state index is -4.56. The van der Waals surface area contributed by atoms with E-state index in [1.807, 2.05) is 31.2 Å². The van der Waals surface area contributed by atoms with E-state index in [1.54, 1.807) is 11.9 Å². The van der Waals surface area contributed by atoms with Crippen LogP contribution in [-0.4, -0.2) is 23.6 Å². The smallest absolute Gasteiger partial charge is 0.423 e. The fourth-order valence-electron chi connectivity index (χ4n) is 1.97. The highest BCUT2D eigenvalue weighted by atomic mass is 127. The summed E-state index contributed by atoms with van der Waals surface area (Å²) in [5, 5.41) is 0. The van der Waals surface area contributed by atoms with Crippen LogP contribution >= 0.6 is 22.6 Å². The maximum atomic E-state index is 13.1. The Bertz CT molecular complexity index is 695. The van der Waals surface area contributed by atoms with Gasteiger partial charge in [0.05, 0.1) is 12.3 Å². The molecule has 0 atom stereocenters. The molecule has 2 rings (SSSR count). The molecule has 0 aliphatic carbocycles. The van der Waals surface area contributed by atoms with Crippen LogP contribution in [0.15, 0.2) is 30.5 Å². The molecule has 0 radical (unpaired) electrons. The molecular weight excluding hydrogens is 434 g/mol. The number of anilines is 2. The summed E-state index contributed by atoms with van der Waals surface area (Å²) in [5.74, 6) is -0.280. The second kappa shape index (κ2) is 8.00. The Morgan fingerprint density at radius 3 is 2.58 bits per heavy atom. The van der Waals surface area contributed by atoms with E-state index in [4.69, 9.17) is 4.74 Å². The summed E-state index contributed by atoms with van der Waals surface area (Å²) >= 11 is 2.15. The van der Waals surface area contributed by atoms with Gasteiger partial charge in [0, 0.05) is 16.8 Å². The molecule has 2 aromatic rings. The standard InChI is InChI=1S/C16H17F3IN3O/c1-3-4-9-24-14-11(16(17,18)19)10-21-15(22-14)23(2)13-8-6-5-7-12(13)20/h5-8,10H,3-4,9H2,1-2H3. The molecule has 0 saturated carbocycles. The van der Waals surface area contributed by atoms with Crippen molar-refractivity contribution in [1.82, 2.24) is 9.97 Å². The van der Waals surface area contributed by atoms with Crippen molar-refractivity contribution in [3.63, 3.8) is 0 Å². The lowest BCUT2D eigenvalue weighted by atomic mass is 10.3. The molecule has 0 saturated heterocycles. The Morgan fingerprint density at radius 1 is 1.25 bits per heavy atom. The number of halogens is 4. The summed E-state index contributed by atoms with van der Waals surface area (Å²) in [5.41, 5.74) is -0.157. The van der Waals surface area contributed by atoms with Gasteiger partial charge >= 0.3 is 6.18 Å². The van der Waals surface area contributed by atoms with Crippen molar-refractivity contribution in [2.75, 3.05) is 18.6 Å². The number of unbranched alkanes of at least 4 members (excludes halogenated alkanes) is 1. The zero-order valence-corrected chi connectivity index (χ0v) is 15.4. The predicted octanol–water partition coefficient (Wildman–Crippen LogP) is 5.05. The Morgan fingerprint density at radius 2 is 1.96 bits per heavy atom. The van der Waals surface area contributed by atoms with E-state index in [2.05, 4.69) is 32.6 Å². The lowest BCUT2D eigenvalue weighted by Gasteiger charge is -2.20. The molecule has 1 heterocycles. The topological polar surface area (TPSA) is 38.2 Å². The fraction of sp³-hybridized carbons (Fsp3) is 0.375. The highest BCUT2D eigenvalue weighted by Gasteiger charge is 2.36.